The van der Waals surface area contributed by atoms with E-state index >= 15 is 0 Å². The first kappa shape index (κ1) is 13.4. The van der Waals surface area contributed by atoms with Gasteiger partial charge in [0, 0.05) is 18.5 Å². The number of hydrogen-bond acceptors (Lipinski definition) is 4. The van der Waals surface area contributed by atoms with Crippen molar-refractivity contribution in [3.05, 3.63) is 28.7 Å². The second-order valence-corrected chi connectivity index (χ2v) is 4.87. The predicted octanol–water partition coefficient (Wildman–Crippen LogP) is 2.26. The van der Waals surface area contributed by atoms with Gasteiger partial charge in [0.05, 0.1) is 5.69 Å². The molecule has 0 aromatic carbocycles. The van der Waals surface area contributed by atoms with Crippen LogP contribution in [0, 0.1) is 0 Å². The number of nitrogens with zero attached hydrogens (tertiary/aromatic N) is 2. The summed E-state index contributed by atoms with van der Waals surface area (Å²) in [7, 11) is 4.09. The van der Waals surface area contributed by atoms with Crippen LogP contribution in [0.2, 0.25) is 0 Å². The van der Waals surface area contributed by atoms with Crippen molar-refractivity contribution in [1.29, 1.82) is 0 Å². The number of allylic oxidation sites excluding steroid dienone is 1. The molecule has 0 saturated heterocycles. The van der Waals surface area contributed by atoms with Crippen molar-refractivity contribution in [2.24, 2.45) is 0 Å². The van der Waals surface area contributed by atoms with E-state index in [1.165, 1.54) is 12.1 Å². The maximum absolute atomic E-state index is 4.56. The SMILES string of the molecule is C=CCCCN(C)Cc1csc(CNC)n1. The smallest absolute Gasteiger partial charge is 0.107 e. The molecule has 0 atom stereocenters. The Kier molecular flexibility index (Phi) is 6.30. The normalized spacial score (nSPS) is 10.9. The molecule has 1 rings (SSSR count). The van der Waals surface area contributed by atoms with E-state index in [0.29, 0.717) is 0 Å². The minimum atomic E-state index is 0.866. The van der Waals surface area contributed by atoms with Gasteiger partial charge in [0.2, 0.25) is 0 Å². The summed E-state index contributed by atoms with van der Waals surface area (Å²) < 4.78 is 0. The molecule has 1 N–H and O–H groups in total. The highest BCUT2D eigenvalue weighted by atomic mass is 32.1. The fraction of sp³-hybridized carbons (Fsp3) is 0.583. The predicted molar refractivity (Wildman–Crippen MR) is 70.6 cm³/mol. The van der Waals surface area contributed by atoms with Crippen LogP contribution >= 0.6 is 11.3 Å². The Morgan fingerprint density at radius 2 is 2.44 bits per heavy atom. The average Bonchev–Trinajstić information content (AvgIpc) is 2.66. The minimum Gasteiger partial charge on any atom is -0.314 e. The highest BCUT2D eigenvalue weighted by molar-refractivity contribution is 7.09. The van der Waals surface area contributed by atoms with E-state index in [1.54, 1.807) is 11.3 Å². The summed E-state index contributed by atoms with van der Waals surface area (Å²) in [6, 6.07) is 0. The maximum atomic E-state index is 4.56. The molecule has 0 radical (unpaired) electrons. The Balaban J connectivity index is 2.31. The molecule has 0 aliphatic carbocycles. The van der Waals surface area contributed by atoms with Gasteiger partial charge in [0.1, 0.15) is 5.01 Å². The molecule has 3 nitrogen and oxygen atoms in total. The molecule has 1 heterocycles. The van der Waals surface area contributed by atoms with E-state index in [0.717, 1.165) is 31.1 Å². The van der Waals surface area contributed by atoms with Crippen LogP contribution in [0.5, 0.6) is 0 Å². The first-order valence-corrected chi connectivity index (χ1v) is 6.51. The van der Waals surface area contributed by atoms with Crippen molar-refractivity contribution in [3.63, 3.8) is 0 Å². The van der Waals surface area contributed by atoms with Gasteiger partial charge in [-0.25, -0.2) is 4.98 Å². The number of aromatic nitrogens is 1. The molecular weight excluding hydrogens is 218 g/mol. The van der Waals surface area contributed by atoms with Crippen molar-refractivity contribution < 1.29 is 0 Å². The topological polar surface area (TPSA) is 28.2 Å². The van der Waals surface area contributed by atoms with E-state index in [-0.39, 0.29) is 0 Å². The third-order valence-electron chi connectivity index (χ3n) is 2.31. The van der Waals surface area contributed by atoms with E-state index in [2.05, 4.69) is 34.2 Å². The molecule has 0 spiro atoms. The Labute approximate surface area is 102 Å². The highest BCUT2D eigenvalue weighted by Gasteiger charge is 2.04. The van der Waals surface area contributed by atoms with Crippen LogP contribution in [-0.2, 0) is 13.1 Å². The summed E-state index contributed by atoms with van der Waals surface area (Å²) in [4.78, 5) is 6.87. The zero-order valence-electron chi connectivity index (χ0n) is 10.2. The molecule has 0 saturated carbocycles. The van der Waals surface area contributed by atoms with Crippen molar-refractivity contribution in [1.82, 2.24) is 15.2 Å². The van der Waals surface area contributed by atoms with Gasteiger partial charge in [0.15, 0.2) is 0 Å². The van der Waals surface area contributed by atoms with Crippen LogP contribution in [0.3, 0.4) is 0 Å². The lowest BCUT2D eigenvalue weighted by Gasteiger charge is -2.14. The van der Waals surface area contributed by atoms with Crippen molar-refractivity contribution in [3.8, 4) is 0 Å². The number of rotatable bonds is 8. The molecule has 1 aromatic heterocycles. The molecule has 0 amide bonds. The molecule has 4 heteroatoms. The fourth-order valence-electron chi connectivity index (χ4n) is 1.52. The van der Waals surface area contributed by atoms with Crippen molar-refractivity contribution in [2.75, 3.05) is 20.6 Å². The first-order valence-electron chi connectivity index (χ1n) is 5.63. The zero-order chi connectivity index (χ0) is 11.8. The molecular formula is C12H21N3S. The summed E-state index contributed by atoms with van der Waals surface area (Å²) in [6.45, 7) is 6.64. The van der Waals surface area contributed by atoms with Gasteiger partial charge in [-0.3, -0.25) is 0 Å². The summed E-state index contributed by atoms with van der Waals surface area (Å²) >= 11 is 1.73. The molecule has 16 heavy (non-hydrogen) atoms. The fourth-order valence-corrected chi connectivity index (χ4v) is 2.31. The highest BCUT2D eigenvalue weighted by Crippen LogP contribution is 2.11. The molecule has 0 bridgehead atoms. The summed E-state index contributed by atoms with van der Waals surface area (Å²) in [5, 5.41) is 6.43. The van der Waals surface area contributed by atoms with Gasteiger partial charge in [-0.2, -0.15) is 0 Å². The Morgan fingerprint density at radius 3 is 3.12 bits per heavy atom. The average molecular weight is 239 g/mol. The first-order chi connectivity index (χ1) is 7.76. The Morgan fingerprint density at radius 1 is 1.62 bits per heavy atom. The monoisotopic (exact) mass is 239 g/mol. The second kappa shape index (κ2) is 7.54. The number of unbranched alkanes of at least 4 members (excludes halogenated alkanes) is 1. The van der Waals surface area contributed by atoms with Crippen LogP contribution in [0.1, 0.15) is 23.5 Å². The number of thiazole rings is 1. The standard InChI is InChI=1S/C12H21N3S/c1-4-5-6-7-15(3)9-11-10-16-12(14-11)8-13-2/h4,10,13H,1,5-9H2,2-3H3. The van der Waals surface area contributed by atoms with Crippen molar-refractivity contribution >= 4 is 11.3 Å². The third-order valence-corrected chi connectivity index (χ3v) is 3.20. The van der Waals surface area contributed by atoms with Crippen LogP contribution < -0.4 is 5.32 Å². The number of nitrogens with one attached hydrogen (secondary N) is 1. The zero-order valence-corrected chi connectivity index (χ0v) is 11.0. The number of hydrogen-bond donors (Lipinski definition) is 1. The van der Waals surface area contributed by atoms with Gasteiger partial charge >= 0.3 is 0 Å². The van der Waals surface area contributed by atoms with E-state index in [4.69, 9.17) is 0 Å². The molecule has 0 unspecified atom stereocenters. The minimum absolute atomic E-state index is 0.866. The largest absolute Gasteiger partial charge is 0.314 e. The van der Waals surface area contributed by atoms with E-state index < -0.39 is 0 Å². The Hall–Kier alpha value is -0.710. The third kappa shape index (κ3) is 4.88. The molecule has 0 aliphatic rings. The molecule has 1 aromatic rings. The van der Waals surface area contributed by atoms with Gasteiger partial charge in [-0.15, -0.1) is 17.9 Å². The van der Waals surface area contributed by atoms with Gasteiger partial charge in [0.25, 0.3) is 0 Å². The van der Waals surface area contributed by atoms with Crippen LogP contribution in [0.4, 0.5) is 0 Å². The summed E-state index contributed by atoms with van der Waals surface area (Å²) in [6.07, 6.45) is 4.24. The molecule has 90 valence electrons. The van der Waals surface area contributed by atoms with Gasteiger partial charge < -0.3 is 10.2 Å². The maximum Gasteiger partial charge on any atom is 0.107 e. The van der Waals surface area contributed by atoms with Gasteiger partial charge in [-0.05, 0) is 33.5 Å². The summed E-state index contributed by atoms with van der Waals surface area (Å²) in [5.74, 6) is 0. The van der Waals surface area contributed by atoms with E-state index in [1.807, 2.05) is 13.1 Å². The van der Waals surface area contributed by atoms with Crippen LogP contribution in [0.25, 0.3) is 0 Å². The second-order valence-electron chi connectivity index (χ2n) is 3.93. The van der Waals surface area contributed by atoms with Crippen LogP contribution in [-0.4, -0.2) is 30.5 Å². The lowest BCUT2D eigenvalue weighted by atomic mass is 10.3. The van der Waals surface area contributed by atoms with Crippen LogP contribution in [0.15, 0.2) is 18.0 Å². The molecule has 0 aliphatic heterocycles. The lowest BCUT2D eigenvalue weighted by molar-refractivity contribution is 0.319. The van der Waals surface area contributed by atoms with Crippen molar-refractivity contribution in [2.45, 2.75) is 25.9 Å². The lowest BCUT2D eigenvalue weighted by Crippen LogP contribution is -2.19. The van der Waals surface area contributed by atoms with Gasteiger partial charge in [-0.1, -0.05) is 6.08 Å². The Bertz CT molecular complexity index is 309. The van der Waals surface area contributed by atoms with E-state index in [9.17, 15) is 0 Å². The molecule has 0 fully saturated rings. The quantitative estimate of drug-likeness (QED) is 0.557. The summed E-state index contributed by atoms with van der Waals surface area (Å²) in [5.41, 5.74) is 1.18.